The molecule has 2 aromatic carbocycles. The molecule has 0 fully saturated rings. The number of hydrogen-bond acceptors (Lipinski definition) is 0. The normalized spacial score (nSPS) is 11.2. The highest BCUT2D eigenvalue weighted by atomic mass is 14.2. The van der Waals surface area contributed by atoms with Crippen LogP contribution in [0.3, 0.4) is 0 Å². The second kappa shape index (κ2) is 16.1. The second-order valence-electron chi connectivity index (χ2n) is 10.1. The fourth-order valence-corrected chi connectivity index (χ4v) is 4.93. The predicted molar refractivity (Wildman–Crippen MR) is 145 cm³/mol. The maximum atomic E-state index is 2.45. The van der Waals surface area contributed by atoms with Crippen molar-refractivity contribution in [3.05, 3.63) is 58.7 Å². The van der Waals surface area contributed by atoms with Crippen LogP contribution in [0.25, 0.3) is 11.1 Å². The summed E-state index contributed by atoms with van der Waals surface area (Å²) in [7, 11) is 0. The molecule has 2 rings (SSSR count). The Morgan fingerprint density at radius 1 is 0.438 bits per heavy atom. The standard InChI is InChI=1S/C32H50/c1-5-7-9-11-13-15-17-19-29-25-27(3)21-23-31(29)32-24-22-28(4)26-30(32)20-18-16-14-12-10-8-6-2/h21-26H,5-20H2,1-4H3. The van der Waals surface area contributed by atoms with Crippen molar-refractivity contribution in [3.63, 3.8) is 0 Å². The fraction of sp³-hybridized carbons (Fsp3) is 0.625. The Morgan fingerprint density at radius 2 is 0.781 bits per heavy atom. The van der Waals surface area contributed by atoms with Gasteiger partial charge in [-0.2, -0.15) is 0 Å². The lowest BCUT2D eigenvalue weighted by molar-refractivity contribution is 0.589. The highest BCUT2D eigenvalue weighted by Crippen LogP contribution is 2.31. The second-order valence-corrected chi connectivity index (χ2v) is 10.1. The molecule has 0 spiro atoms. The van der Waals surface area contributed by atoms with Gasteiger partial charge >= 0.3 is 0 Å². The van der Waals surface area contributed by atoms with Crippen molar-refractivity contribution in [2.75, 3.05) is 0 Å². The molecule has 0 radical (unpaired) electrons. The topological polar surface area (TPSA) is 0 Å². The van der Waals surface area contributed by atoms with E-state index >= 15 is 0 Å². The van der Waals surface area contributed by atoms with Gasteiger partial charge < -0.3 is 0 Å². The van der Waals surface area contributed by atoms with E-state index in [4.69, 9.17) is 0 Å². The molecule has 0 aromatic heterocycles. The van der Waals surface area contributed by atoms with Gasteiger partial charge in [-0.05, 0) is 61.8 Å². The van der Waals surface area contributed by atoms with E-state index in [-0.39, 0.29) is 0 Å². The average Bonchev–Trinajstić information content (AvgIpc) is 2.78. The van der Waals surface area contributed by atoms with Gasteiger partial charge in [-0.1, -0.05) is 138 Å². The van der Waals surface area contributed by atoms with Gasteiger partial charge in [-0.25, -0.2) is 0 Å². The molecule has 0 nitrogen and oxygen atoms in total. The van der Waals surface area contributed by atoms with E-state index in [0.717, 1.165) is 0 Å². The molecule has 0 amide bonds. The minimum absolute atomic E-state index is 1.22. The molecule has 0 saturated carbocycles. The van der Waals surface area contributed by atoms with Crippen LogP contribution < -0.4 is 0 Å². The highest BCUT2D eigenvalue weighted by Gasteiger charge is 2.11. The zero-order chi connectivity index (χ0) is 23.0. The Morgan fingerprint density at radius 3 is 1.16 bits per heavy atom. The van der Waals surface area contributed by atoms with Crippen LogP contribution in [0.4, 0.5) is 0 Å². The molecule has 0 aliphatic rings. The molecule has 0 N–H and O–H groups in total. The minimum atomic E-state index is 1.22. The van der Waals surface area contributed by atoms with Crippen LogP contribution in [0.1, 0.15) is 126 Å². The van der Waals surface area contributed by atoms with E-state index in [2.05, 4.69) is 64.1 Å². The maximum Gasteiger partial charge on any atom is -0.0149 e. The third-order valence-electron chi connectivity index (χ3n) is 6.91. The van der Waals surface area contributed by atoms with E-state index < -0.39 is 0 Å². The van der Waals surface area contributed by atoms with Crippen molar-refractivity contribution in [3.8, 4) is 11.1 Å². The van der Waals surface area contributed by atoms with Gasteiger partial charge in [0.05, 0.1) is 0 Å². The molecule has 0 saturated heterocycles. The van der Waals surface area contributed by atoms with Crippen LogP contribution in [-0.2, 0) is 12.8 Å². The van der Waals surface area contributed by atoms with E-state index in [0.29, 0.717) is 0 Å². The molecular formula is C32H50. The van der Waals surface area contributed by atoms with Crippen molar-refractivity contribution in [1.82, 2.24) is 0 Å². The Hall–Kier alpha value is -1.56. The van der Waals surface area contributed by atoms with Gasteiger partial charge in [0.15, 0.2) is 0 Å². The van der Waals surface area contributed by atoms with E-state index in [1.165, 1.54) is 125 Å². The van der Waals surface area contributed by atoms with Gasteiger partial charge in [0.2, 0.25) is 0 Å². The van der Waals surface area contributed by atoms with Gasteiger partial charge in [-0.15, -0.1) is 0 Å². The largest absolute Gasteiger partial charge is 0.0654 e. The summed E-state index contributed by atoms with van der Waals surface area (Å²) in [6.07, 6.45) is 21.7. The third kappa shape index (κ3) is 9.93. The molecule has 0 unspecified atom stereocenters. The fourth-order valence-electron chi connectivity index (χ4n) is 4.93. The Balaban J connectivity index is 2.00. The Kier molecular flexibility index (Phi) is 13.4. The van der Waals surface area contributed by atoms with Crippen molar-refractivity contribution in [1.29, 1.82) is 0 Å². The zero-order valence-corrected chi connectivity index (χ0v) is 21.8. The first-order chi connectivity index (χ1) is 15.7. The first-order valence-electron chi connectivity index (χ1n) is 13.8. The first-order valence-corrected chi connectivity index (χ1v) is 13.8. The number of unbranched alkanes of at least 4 members (excludes halogenated alkanes) is 12. The van der Waals surface area contributed by atoms with Crippen molar-refractivity contribution in [2.45, 2.75) is 130 Å². The summed E-state index contributed by atoms with van der Waals surface area (Å²) in [4.78, 5) is 0. The van der Waals surface area contributed by atoms with Gasteiger partial charge in [0.25, 0.3) is 0 Å². The monoisotopic (exact) mass is 434 g/mol. The molecule has 0 atom stereocenters. The van der Waals surface area contributed by atoms with Crippen LogP contribution in [0.5, 0.6) is 0 Å². The van der Waals surface area contributed by atoms with Gasteiger partial charge in [0.1, 0.15) is 0 Å². The van der Waals surface area contributed by atoms with Crippen molar-refractivity contribution >= 4 is 0 Å². The summed E-state index contributed by atoms with van der Waals surface area (Å²) in [5, 5.41) is 0. The molecule has 178 valence electrons. The van der Waals surface area contributed by atoms with E-state index in [1.54, 1.807) is 11.1 Å². The highest BCUT2D eigenvalue weighted by molar-refractivity contribution is 5.71. The summed E-state index contributed by atoms with van der Waals surface area (Å²) in [5.41, 5.74) is 8.88. The van der Waals surface area contributed by atoms with E-state index in [1.807, 2.05) is 0 Å². The van der Waals surface area contributed by atoms with Crippen LogP contribution in [-0.4, -0.2) is 0 Å². The Labute approximate surface area is 200 Å². The summed E-state index contributed by atoms with van der Waals surface area (Å²) < 4.78 is 0. The summed E-state index contributed by atoms with van der Waals surface area (Å²) >= 11 is 0. The van der Waals surface area contributed by atoms with Gasteiger partial charge in [-0.3, -0.25) is 0 Å². The summed E-state index contributed by atoms with van der Waals surface area (Å²) in [5.74, 6) is 0. The van der Waals surface area contributed by atoms with Gasteiger partial charge in [0, 0.05) is 0 Å². The summed E-state index contributed by atoms with van der Waals surface area (Å²) in [6, 6.07) is 14.3. The number of aryl methyl sites for hydroxylation is 4. The molecule has 0 heteroatoms. The third-order valence-corrected chi connectivity index (χ3v) is 6.91. The lowest BCUT2D eigenvalue weighted by atomic mass is 9.89. The SMILES string of the molecule is CCCCCCCCCc1cc(C)ccc1-c1ccc(C)cc1CCCCCCCCC. The molecule has 0 heterocycles. The van der Waals surface area contributed by atoms with Crippen LogP contribution >= 0.6 is 0 Å². The maximum absolute atomic E-state index is 2.45. The van der Waals surface area contributed by atoms with Crippen LogP contribution in [0, 0.1) is 13.8 Å². The first kappa shape index (κ1) is 26.7. The molecule has 0 aliphatic carbocycles. The number of rotatable bonds is 17. The Bertz CT molecular complexity index is 689. The van der Waals surface area contributed by atoms with Crippen LogP contribution in [0.15, 0.2) is 36.4 Å². The predicted octanol–water partition coefficient (Wildman–Crippen LogP) is 10.6. The molecule has 0 bridgehead atoms. The van der Waals surface area contributed by atoms with E-state index in [9.17, 15) is 0 Å². The number of benzene rings is 2. The number of hydrogen-bond donors (Lipinski definition) is 0. The molecule has 2 aromatic rings. The van der Waals surface area contributed by atoms with Crippen molar-refractivity contribution < 1.29 is 0 Å². The average molecular weight is 435 g/mol. The molecule has 0 aliphatic heterocycles. The van der Waals surface area contributed by atoms with Crippen LogP contribution in [0.2, 0.25) is 0 Å². The smallest absolute Gasteiger partial charge is 0.0149 e. The molecular weight excluding hydrogens is 384 g/mol. The minimum Gasteiger partial charge on any atom is -0.0654 e. The summed E-state index contributed by atoms with van der Waals surface area (Å²) in [6.45, 7) is 9.08. The lowest BCUT2D eigenvalue weighted by Gasteiger charge is -2.16. The molecule has 32 heavy (non-hydrogen) atoms. The lowest BCUT2D eigenvalue weighted by Crippen LogP contribution is -1.97. The quantitative estimate of drug-likeness (QED) is 0.217. The van der Waals surface area contributed by atoms with Crippen molar-refractivity contribution in [2.24, 2.45) is 0 Å². The zero-order valence-electron chi connectivity index (χ0n) is 21.8.